The molecule has 0 spiro atoms. The van der Waals surface area contributed by atoms with Crippen LogP contribution in [-0.2, 0) is 0 Å². The van der Waals surface area contributed by atoms with Gasteiger partial charge in [-0.15, -0.1) is 11.3 Å². The van der Waals surface area contributed by atoms with E-state index < -0.39 is 0 Å². The van der Waals surface area contributed by atoms with Crippen LogP contribution in [-0.4, -0.2) is 15.0 Å². The van der Waals surface area contributed by atoms with E-state index in [-0.39, 0.29) is 0 Å². The molecule has 0 aliphatic rings. The molecule has 0 fully saturated rings. The Morgan fingerprint density at radius 3 is 1.57 bits per heavy atom. The molecule has 0 aliphatic carbocycles. The van der Waals surface area contributed by atoms with Gasteiger partial charge in [-0.25, -0.2) is 15.0 Å². The lowest BCUT2D eigenvalue weighted by molar-refractivity contribution is 0.669. The van der Waals surface area contributed by atoms with Crippen LogP contribution in [0, 0.1) is 0 Å². The number of aromatic nitrogens is 3. The predicted octanol–water partition coefficient (Wildman–Crippen LogP) is 15.9. The highest BCUT2D eigenvalue weighted by molar-refractivity contribution is 7.26. The number of thiophene rings is 1. The average Bonchev–Trinajstić information content (AvgIpc) is 3.94. The van der Waals surface area contributed by atoms with E-state index in [0.717, 1.165) is 77.9 Å². The van der Waals surface area contributed by atoms with E-state index in [1.54, 1.807) is 0 Å². The summed E-state index contributed by atoms with van der Waals surface area (Å²) in [6.45, 7) is 0. The molecule has 0 saturated carbocycles. The number of hydrogen-bond donors (Lipinski definition) is 0. The molecule has 296 valence electrons. The Balaban J connectivity index is 1.16. The predicted molar refractivity (Wildman–Crippen MR) is 262 cm³/mol. The van der Waals surface area contributed by atoms with Crippen LogP contribution in [0.15, 0.2) is 223 Å². The van der Waals surface area contributed by atoms with Gasteiger partial charge in [0.1, 0.15) is 11.2 Å². The minimum absolute atomic E-state index is 0.565. The van der Waals surface area contributed by atoms with E-state index in [0.29, 0.717) is 17.5 Å². The molecular formula is C57H36N4OS. The van der Waals surface area contributed by atoms with Crippen molar-refractivity contribution >= 4 is 70.5 Å². The maximum atomic E-state index is 6.35. The van der Waals surface area contributed by atoms with Gasteiger partial charge < -0.3 is 9.32 Å². The van der Waals surface area contributed by atoms with Gasteiger partial charge in [0.25, 0.3) is 0 Å². The normalized spacial score (nSPS) is 11.5. The van der Waals surface area contributed by atoms with Crippen LogP contribution in [0.5, 0.6) is 0 Å². The zero-order chi connectivity index (χ0) is 41.7. The number of para-hydroxylation sites is 2. The highest BCUT2D eigenvalue weighted by Crippen LogP contribution is 2.51. The largest absolute Gasteiger partial charge is 0.456 e. The number of anilines is 3. The molecule has 0 aliphatic heterocycles. The van der Waals surface area contributed by atoms with Crippen molar-refractivity contribution in [3.8, 4) is 56.4 Å². The topological polar surface area (TPSA) is 55.1 Å². The zero-order valence-electron chi connectivity index (χ0n) is 33.9. The minimum atomic E-state index is 0.565. The molecule has 5 nitrogen and oxygen atoms in total. The van der Waals surface area contributed by atoms with E-state index >= 15 is 0 Å². The van der Waals surface area contributed by atoms with Gasteiger partial charge in [0.05, 0.1) is 11.4 Å². The molecule has 6 heteroatoms. The van der Waals surface area contributed by atoms with E-state index in [1.807, 2.05) is 65.9 Å². The van der Waals surface area contributed by atoms with E-state index in [9.17, 15) is 0 Å². The van der Waals surface area contributed by atoms with Crippen LogP contribution in [0.25, 0.3) is 98.5 Å². The fourth-order valence-corrected chi connectivity index (χ4v) is 9.93. The first-order chi connectivity index (χ1) is 31.2. The minimum Gasteiger partial charge on any atom is -0.456 e. The summed E-state index contributed by atoms with van der Waals surface area (Å²) in [5, 5.41) is 4.59. The highest BCUT2D eigenvalue weighted by atomic mass is 32.1. The van der Waals surface area contributed by atoms with Gasteiger partial charge in [-0.3, -0.25) is 0 Å². The van der Waals surface area contributed by atoms with Crippen molar-refractivity contribution < 1.29 is 4.42 Å². The highest BCUT2D eigenvalue weighted by Gasteiger charge is 2.27. The van der Waals surface area contributed by atoms with Crippen molar-refractivity contribution in [3.63, 3.8) is 0 Å². The smallest absolute Gasteiger partial charge is 0.164 e. The van der Waals surface area contributed by atoms with E-state index in [1.165, 1.54) is 20.2 Å². The van der Waals surface area contributed by atoms with Crippen LogP contribution in [0.1, 0.15) is 0 Å². The quantitative estimate of drug-likeness (QED) is 0.153. The average molecular weight is 825 g/mol. The lowest BCUT2D eigenvalue weighted by atomic mass is 9.91. The van der Waals surface area contributed by atoms with E-state index in [2.05, 4.69) is 169 Å². The number of benzene rings is 9. The molecule has 63 heavy (non-hydrogen) atoms. The standard InChI is InChI=1S/C57H36N4OS/c1-5-18-37(19-6-1)46-34-41(57-59-55(39-22-9-3-10-23-39)58-56(60-57)40-32-33-44-43-26-13-15-29-49(43)62-50(44)36-40)35-47(38-20-7-2-8-21-38)54(46)61(42-24-11-4-12-25-42)48-28-17-31-52-53(48)45-27-14-16-30-51(45)63-52/h1-36H. The zero-order valence-corrected chi connectivity index (χ0v) is 34.7. The summed E-state index contributed by atoms with van der Waals surface area (Å²) in [4.78, 5) is 18.2. The Hall–Kier alpha value is -8.19. The Bertz CT molecular complexity index is 3560. The molecule has 0 atom stereocenters. The van der Waals surface area contributed by atoms with Crippen LogP contribution in [0.4, 0.5) is 17.1 Å². The second-order valence-electron chi connectivity index (χ2n) is 15.6. The van der Waals surface area contributed by atoms with Gasteiger partial charge >= 0.3 is 0 Å². The number of nitrogens with zero attached hydrogens (tertiary/aromatic N) is 4. The molecule has 9 aromatic carbocycles. The summed E-state index contributed by atoms with van der Waals surface area (Å²) in [5.74, 6) is 1.73. The summed E-state index contributed by atoms with van der Waals surface area (Å²) in [7, 11) is 0. The van der Waals surface area contributed by atoms with E-state index in [4.69, 9.17) is 19.4 Å². The summed E-state index contributed by atoms with van der Waals surface area (Å²) >= 11 is 1.83. The Kier molecular flexibility index (Phi) is 8.94. The lowest BCUT2D eigenvalue weighted by Crippen LogP contribution is -2.13. The second kappa shape index (κ2) is 15.4. The van der Waals surface area contributed by atoms with Crippen molar-refractivity contribution in [1.29, 1.82) is 0 Å². The summed E-state index contributed by atoms with van der Waals surface area (Å²) in [5.41, 5.74) is 11.7. The molecule has 0 radical (unpaired) electrons. The molecule has 0 bridgehead atoms. The van der Waals surface area contributed by atoms with Crippen molar-refractivity contribution in [2.24, 2.45) is 0 Å². The molecule has 12 aromatic rings. The molecule has 0 unspecified atom stereocenters. The van der Waals surface area contributed by atoms with Crippen LogP contribution in [0.3, 0.4) is 0 Å². The fourth-order valence-electron chi connectivity index (χ4n) is 8.80. The van der Waals surface area contributed by atoms with Gasteiger partial charge in [-0.2, -0.15) is 0 Å². The fraction of sp³-hybridized carbons (Fsp3) is 0. The molecule has 3 heterocycles. The van der Waals surface area contributed by atoms with Crippen molar-refractivity contribution in [3.05, 3.63) is 218 Å². The summed E-state index contributed by atoms with van der Waals surface area (Å²) < 4.78 is 8.85. The maximum absolute atomic E-state index is 6.35. The Labute approximate surface area is 367 Å². The summed E-state index contributed by atoms with van der Waals surface area (Å²) in [6.07, 6.45) is 0. The monoisotopic (exact) mass is 824 g/mol. The first-order valence-electron chi connectivity index (χ1n) is 21.0. The SMILES string of the molecule is c1ccc(-c2nc(-c3cc(-c4ccccc4)c(N(c4ccccc4)c4cccc5sc6ccccc6c45)c(-c4ccccc4)c3)nc(-c3ccc4c(c3)oc3ccccc34)n2)cc1. The molecule has 3 aromatic heterocycles. The van der Waals surface area contributed by atoms with Gasteiger partial charge in [-0.1, -0.05) is 158 Å². The molecule has 0 amide bonds. The number of hydrogen-bond acceptors (Lipinski definition) is 6. The maximum Gasteiger partial charge on any atom is 0.164 e. The van der Waals surface area contributed by atoms with Gasteiger partial charge in [0.2, 0.25) is 0 Å². The second-order valence-corrected chi connectivity index (χ2v) is 16.6. The number of furan rings is 1. The third-order valence-corrected chi connectivity index (χ3v) is 12.8. The van der Waals surface area contributed by atoms with Gasteiger partial charge in [0.15, 0.2) is 17.5 Å². The van der Waals surface area contributed by atoms with Crippen molar-refractivity contribution in [2.45, 2.75) is 0 Å². The molecule has 12 rings (SSSR count). The van der Waals surface area contributed by atoms with Crippen molar-refractivity contribution in [2.75, 3.05) is 4.90 Å². The van der Waals surface area contributed by atoms with Crippen LogP contribution in [0.2, 0.25) is 0 Å². The molecule has 0 saturated heterocycles. The number of fused-ring (bicyclic) bond motifs is 6. The Morgan fingerprint density at radius 2 is 0.889 bits per heavy atom. The third-order valence-electron chi connectivity index (χ3n) is 11.7. The number of rotatable bonds is 8. The third kappa shape index (κ3) is 6.52. The first kappa shape index (κ1) is 36.6. The van der Waals surface area contributed by atoms with Crippen LogP contribution >= 0.6 is 11.3 Å². The summed E-state index contributed by atoms with van der Waals surface area (Å²) in [6, 6.07) is 76.5. The molecule has 0 N–H and O–H groups in total. The van der Waals surface area contributed by atoms with Gasteiger partial charge in [0, 0.05) is 64.4 Å². The van der Waals surface area contributed by atoms with Crippen LogP contribution < -0.4 is 4.90 Å². The first-order valence-corrected chi connectivity index (χ1v) is 21.8. The van der Waals surface area contributed by atoms with Gasteiger partial charge in [-0.05, 0) is 71.8 Å². The molecular weight excluding hydrogens is 789 g/mol. The lowest BCUT2D eigenvalue weighted by Gasteiger charge is -2.31. The van der Waals surface area contributed by atoms with Crippen molar-refractivity contribution in [1.82, 2.24) is 15.0 Å². The Morgan fingerprint density at radius 1 is 0.365 bits per heavy atom.